The molecule has 0 atom stereocenters. The molecule has 0 aliphatic rings. The van der Waals surface area contributed by atoms with Crippen molar-refractivity contribution in [3.63, 3.8) is 0 Å². The van der Waals surface area contributed by atoms with E-state index in [9.17, 15) is 9.59 Å². The number of aromatic carboxylic acids is 1. The number of nitrogens with one attached hydrogen (secondary N) is 1. The first-order valence-electron chi connectivity index (χ1n) is 5.04. The number of fused-ring (bicyclic) bond motifs is 1. The van der Waals surface area contributed by atoms with Crippen molar-refractivity contribution in [3.8, 4) is 0 Å². The second kappa shape index (κ2) is 4.50. The third-order valence-corrected chi connectivity index (χ3v) is 3.14. The van der Waals surface area contributed by atoms with Crippen LogP contribution in [0.15, 0.2) is 18.2 Å². The molecule has 0 fully saturated rings. The number of nitrogens with zero attached hydrogens (tertiary/aromatic N) is 1. The number of anilines is 1. The van der Waals surface area contributed by atoms with Crippen LogP contribution in [0.4, 0.5) is 5.13 Å². The average molecular weight is 250 g/mol. The SMILES string of the molecule is CCC(=O)Nc1nc2ccc(C(=O)O)cc2s1. The first-order valence-corrected chi connectivity index (χ1v) is 5.85. The number of amides is 1. The van der Waals surface area contributed by atoms with E-state index in [0.717, 1.165) is 4.70 Å². The highest BCUT2D eigenvalue weighted by Gasteiger charge is 2.09. The van der Waals surface area contributed by atoms with Crippen LogP contribution in [0.3, 0.4) is 0 Å². The molecule has 0 aliphatic carbocycles. The highest BCUT2D eigenvalue weighted by atomic mass is 32.1. The van der Waals surface area contributed by atoms with Crippen molar-refractivity contribution in [1.29, 1.82) is 0 Å². The zero-order chi connectivity index (χ0) is 12.4. The summed E-state index contributed by atoms with van der Waals surface area (Å²) in [7, 11) is 0. The van der Waals surface area contributed by atoms with Crippen LogP contribution in [-0.2, 0) is 4.79 Å². The Hall–Kier alpha value is -1.95. The van der Waals surface area contributed by atoms with E-state index in [1.165, 1.54) is 17.4 Å². The molecule has 0 radical (unpaired) electrons. The van der Waals surface area contributed by atoms with Gasteiger partial charge in [0.1, 0.15) is 0 Å². The minimum absolute atomic E-state index is 0.109. The summed E-state index contributed by atoms with van der Waals surface area (Å²) in [6, 6.07) is 4.68. The second-order valence-electron chi connectivity index (χ2n) is 3.41. The molecule has 2 rings (SSSR count). The van der Waals surface area contributed by atoms with Gasteiger partial charge in [0.2, 0.25) is 5.91 Å². The van der Waals surface area contributed by atoms with Gasteiger partial charge in [-0.25, -0.2) is 9.78 Å². The number of thiazole rings is 1. The van der Waals surface area contributed by atoms with Gasteiger partial charge in [-0.3, -0.25) is 4.79 Å². The lowest BCUT2D eigenvalue weighted by atomic mass is 10.2. The Kier molecular flexibility index (Phi) is 3.06. The maximum Gasteiger partial charge on any atom is 0.335 e. The number of hydrogen-bond donors (Lipinski definition) is 2. The minimum atomic E-state index is -0.973. The van der Waals surface area contributed by atoms with Gasteiger partial charge >= 0.3 is 5.97 Å². The smallest absolute Gasteiger partial charge is 0.335 e. The maximum absolute atomic E-state index is 11.2. The quantitative estimate of drug-likeness (QED) is 0.876. The molecule has 0 saturated heterocycles. The molecule has 1 aromatic carbocycles. The fourth-order valence-electron chi connectivity index (χ4n) is 1.32. The highest BCUT2D eigenvalue weighted by molar-refractivity contribution is 7.22. The highest BCUT2D eigenvalue weighted by Crippen LogP contribution is 2.26. The first kappa shape index (κ1) is 11.5. The van der Waals surface area contributed by atoms with E-state index < -0.39 is 5.97 Å². The Morgan fingerprint density at radius 3 is 2.88 bits per heavy atom. The minimum Gasteiger partial charge on any atom is -0.478 e. The molecule has 0 bridgehead atoms. The molecule has 1 amide bonds. The molecular formula is C11H10N2O3S. The average Bonchev–Trinajstić information content (AvgIpc) is 2.69. The van der Waals surface area contributed by atoms with Crippen molar-refractivity contribution in [1.82, 2.24) is 4.98 Å². The number of hydrogen-bond acceptors (Lipinski definition) is 4. The normalized spacial score (nSPS) is 10.4. The van der Waals surface area contributed by atoms with Gasteiger partial charge in [0, 0.05) is 6.42 Å². The van der Waals surface area contributed by atoms with Crippen molar-refractivity contribution in [2.75, 3.05) is 5.32 Å². The molecule has 0 saturated carbocycles. The second-order valence-corrected chi connectivity index (χ2v) is 4.44. The Labute approximate surface area is 101 Å². The number of benzene rings is 1. The Bertz CT molecular complexity index is 591. The van der Waals surface area contributed by atoms with Gasteiger partial charge in [0.05, 0.1) is 15.8 Å². The predicted molar refractivity (Wildman–Crippen MR) is 65.5 cm³/mol. The Morgan fingerprint density at radius 1 is 1.47 bits per heavy atom. The van der Waals surface area contributed by atoms with Crippen molar-refractivity contribution in [2.45, 2.75) is 13.3 Å². The first-order chi connectivity index (χ1) is 8.10. The standard InChI is InChI=1S/C11H10N2O3S/c1-2-9(14)13-11-12-7-4-3-6(10(15)16)5-8(7)17-11/h3-5H,2H2,1H3,(H,15,16)(H,12,13,14). The van der Waals surface area contributed by atoms with Crippen LogP contribution in [0.25, 0.3) is 10.2 Å². The number of carbonyl (C=O) groups excluding carboxylic acids is 1. The molecule has 2 N–H and O–H groups in total. The summed E-state index contributed by atoms with van der Waals surface area (Å²) in [5.41, 5.74) is 0.904. The van der Waals surface area contributed by atoms with Crippen LogP contribution >= 0.6 is 11.3 Å². The fourth-order valence-corrected chi connectivity index (χ4v) is 2.24. The molecular weight excluding hydrogens is 240 g/mol. The topological polar surface area (TPSA) is 79.3 Å². The lowest BCUT2D eigenvalue weighted by molar-refractivity contribution is -0.115. The van der Waals surface area contributed by atoms with E-state index in [4.69, 9.17) is 5.11 Å². The Morgan fingerprint density at radius 2 is 2.24 bits per heavy atom. The van der Waals surface area contributed by atoms with Crippen LogP contribution in [0, 0.1) is 0 Å². The molecule has 0 unspecified atom stereocenters. The monoisotopic (exact) mass is 250 g/mol. The van der Waals surface area contributed by atoms with Crippen LogP contribution in [0.2, 0.25) is 0 Å². The molecule has 2 aromatic rings. The van der Waals surface area contributed by atoms with Gasteiger partial charge in [-0.1, -0.05) is 18.3 Å². The summed E-state index contributed by atoms with van der Waals surface area (Å²) in [4.78, 5) is 26.2. The van der Waals surface area contributed by atoms with Gasteiger partial charge < -0.3 is 10.4 Å². The third-order valence-electron chi connectivity index (χ3n) is 2.20. The van der Waals surface area contributed by atoms with Crippen LogP contribution < -0.4 is 5.32 Å². The van der Waals surface area contributed by atoms with E-state index >= 15 is 0 Å². The molecule has 17 heavy (non-hydrogen) atoms. The molecule has 5 nitrogen and oxygen atoms in total. The molecule has 1 aromatic heterocycles. The fraction of sp³-hybridized carbons (Fsp3) is 0.182. The Balaban J connectivity index is 2.37. The van der Waals surface area contributed by atoms with E-state index in [2.05, 4.69) is 10.3 Å². The number of carboxylic acids is 1. The van der Waals surface area contributed by atoms with E-state index in [0.29, 0.717) is 17.1 Å². The van der Waals surface area contributed by atoms with Gasteiger partial charge in [-0.2, -0.15) is 0 Å². The molecule has 0 aliphatic heterocycles. The molecule has 88 valence electrons. The molecule has 6 heteroatoms. The number of carboxylic acid groups (broad SMARTS) is 1. The summed E-state index contributed by atoms with van der Waals surface area (Å²) in [5.74, 6) is -1.08. The lowest BCUT2D eigenvalue weighted by Gasteiger charge is -1.95. The number of carbonyl (C=O) groups is 2. The summed E-state index contributed by atoms with van der Waals surface area (Å²) in [6.07, 6.45) is 0.385. The van der Waals surface area contributed by atoms with E-state index in [1.807, 2.05) is 0 Å². The van der Waals surface area contributed by atoms with Gasteiger partial charge in [0.25, 0.3) is 0 Å². The zero-order valence-electron chi connectivity index (χ0n) is 9.06. The molecule has 1 heterocycles. The molecule has 0 spiro atoms. The number of aromatic nitrogens is 1. The van der Waals surface area contributed by atoms with Crippen LogP contribution in [0.5, 0.6) is 0 Å². The summed E-state index contributed by atoms with van der Waals surface area (Å²) >= 11 is 1.27. The van der Waals surface area contributed by atoms with Gasteiger partial charge in [-0.15, -0.1) is 0 Å². The third kappa shape index (κ3) is 2.42. The summed E-state index contributed by atoms with van der Waals surface area (Å²) in [6.45, 7) is 1.76. The predicted octanol–water partition coefficient (Wildman–Crippen LogP) is 2.34. The van der Waals surface area contributed by atoms with Gasteiger partial charge in [0.15, 0.2) is 5.13 Å². The maximum atomic E-state index is 11.2. The van der Waals surface area contributed by atoms with Gasteiger partial charge in [-0.05, 0) is 18.2 Å². The van der Waals surface area contributed by atoms with Crippen LogP contribution in [-0.4, -0.2) is 22.0 Å². The van der Waals surface area contributed by atoms with Crippen molar-refractivity contribution in [3.05, 3.63) is 23.8 Å². The van der Waals surface area contributed by atoms with E-state index in [1.54, 1.807) is 19.1 Å². The van der Waals surface area contributed by atoms with E-state index in [-0.39, 0.29) is 11.5 Å². The summed E-state index contributed by atoms with van der Waals surface area (Å²) < 4.78 is 0.747. The van der Waals surface area contributed by atoms with Crippen molar-refractivity contribution < 1.29 is 14.7 Å². The largest absolute Gasteiger partial charge is 0.478 e. The number of rotatable bonds is 3. The lowest BCUT2D eigenvalue weighted by Crippen LogP contribution is -2.08. The zero-order valence-corrected chi connectivity index (χ0v) is 9.87. The van der Waals surface area contributed by atoms with Crippen molar-refractivity contribution in [2.24, 2.45) is 0 Å². The van der Waals surface area contributed by atoms with Crippen molar-refractivity contribution >= 4 is 38.6 Å². The summed E-state index contributed by atoms with van der Waals surface area (Å²) in [5, 5.41) is 12.0. The van der Waals surface area contributed by atoms with Crippen LogP contribution in [0.1, 0.15) is 23.7 Å².